The molecule has 3 aliphatic rings. The van der Waals surface area contributed by atoms with E-state index in [1.165, 1.54) is 34.9 Å². The fraction of sp³-hybridized carbons (Fsp3) is 0.481. The molecule has 1 saturated heterocycles. The van der Waals surface area contributed by atoms with Crippen molar-refractivity contribution >= 4 is 10.9 Å². The van der Waals surface area contributed by atoms with Crippen molar-refractivity contribution in [3.05, 3.63) is 53.2 Å². The second-order valence-corrected chi connectivity index (χ2v) is 9.48. The maximum Gasteiger partial charge on any atom is 0.231 e. The summed E-state index contributed by atoms with van der Waals surface area (Å²) in [6.07, 6.45) is 7.64. The van der Waals surface area contributed by atoms with Gasteiger partial charge in [-0.3, -0.25) is 4.90 Å². The van der Waals surface area contributed by atoms with Crippen molar-refractivity contribution in [2.75, 3.05) is 40.2 Å². The van der Waals surface area contributed by atoms with Crippen LogP contribution in [0.1, 0.15) is 42.0 Å². The molecule has 0 aliphatic carbocycles. The van der Waals surface area contributed by atoms with Crippen molar-refractivity contribution in [3.63, 3.8) is 0 Å². The van der Waals surface area contributed by atoms with E-state index in [0.29, 0.717) is 18.8 Å². The highest BCUT2D eigenvalue weighted by atomic mass is 16.7. The number of benzene rings is 2. The van der Waals surface area contributed by atoms with Gasteiger partial charge in [0.25, 0.3) is 0 Å². The molecule has 3 aromatic rings. The van der Waals surface area contributed by atoms with Crippen LogP contribution in [-0.4, -0.2) is 50.1 Å². The maximum atomic E-state index is 5.76. The van der Waals surface area contributed by atoms with Crippen LogP contribution in [0.2, 0.25) is 0 Å². The fourth-order valence-corrected chi connectivity index (χ4v) is 5.74. The molecule has 1 atom stereocenters. The lowest BCUT2D eigenvalue weighted by molar-refractivity contribution is 0.0423. The Morgan fingerprint density at radius 3 is 2.79 bits per heavy atom. The highest BCUT2D eigenvalue weighted by Crippen LogP contribution is 2.42. The van der Waals surface area contributed by atoms with Gasteiger partial charge in [0.05, 0.1) is 7.11 Å². The van der Waals surface area contributed by atoms with Crippen molar-refractivity contribution in [2.24, 2.45) is 5.92 Å². The number of aryl methyl sites for hydroxylation is 1. The Morgan fingerprint density at radius 1 is 1.09 bits per heavy atom. The van der Waals surface area contributed by atoms with Gasteiger partial charge in [0.15, 0.2) is 11.5 Å². The van der Waals surface area contributed by atoms with E-state index in [4.69, 9.17) is 18.9 Å². The predicted molar refractivity (Wildman–Crippen MR) is 127 cm³/mol. The molecule has 6 rings (SSSR count). The van der Waals surface area contributed by atoms with Gasteiger partial charge >= 0.3 is 0 Å². The Labute approximate surface area is 194 Å². The van der Waals surface area contributed by atoms with Crippen LogP contribution in [0.25, 0.3) is 10.9 Å². The van der Waals surface area contributed by atoms with Crippen molar-refractivity contribution in [1.29, 1.82) is 0 Å². The monoisotopic (exact) mass is 448 g/mol. The second kappa shape index (κ2) is 8.92. The molecular formula is C27H32N2O4. The Kier molecular flexibility index (Phi) is 5.64. The lowest BCUT2D eigenvalue weighted by Gasteiger charge is -2.40. The predicted octanol–water partition coefficient (Wildman–Crippen LogP) is 4.86. The highest BCUT2D eigenvalue weighted by molar-refractivity contribution is 5.84. The van der Waals surface area contributed by atoms with Gasteiger partial charge < -0.3 is 23.9 Å². The lowest BCUT2D eigenvalue weighted by Crippen LogP contribution is -2.40. The molecule has 1 N–H and O–H groups in total. The topological polar surface area (TPSA) is 56.0 Å². The molecule has 0 saturated carbocycles. The Morgan fingerprint density at radius 2 is 1.94 bits per heavy atom. The van der Waals surface area contributed by atoms with Gasteiger partial charge in [0.2, 0.25) is 6.79 Å². The summed E-state index contributed by atoms with van der Waals surface area (Å²) in [6, 6.07) is 11.1. The number of rotatable bonds is 6. The fourth-order valence-electron chi connectivity index (χ4n) is 5.74. The first-order chi connectivity index (χ1) is 16.3. The number of hydrogen-bond acceptors (Lipinski definition) is 5. The van der Waals surface area contributed by atoms with E-state index in [-0.39, 0.29) is 0 Å². The third kappa shape index (κ3) is 4.06. The molecule has 0 bridgehead atoms. The van der Waals surface area contributed by atoms with Crippen molar-refractivity contribution < 1.29 is 18.9 Å². The first-order valence-electron chi connectivity index (χ1n) is 12.2. The zero-order valence-corrected chi connectivity index (χ0v) is 19.3. The van der Waals surface area contributed by atoms with Gasteiger partial charge in [0.1, 0.15) is 5.75 Å². The first-order valence-corrected chi connectivity index (χ1v) is 12.2. The molecule has 33 heavy (non-hydrogen) atoms. The van der Waals surface area contributed by atoms with Crippen LogP contribution in [0.4, 0.5) is 0 Å². The summed E-state index contributed by atoms with van der Waals surface area (Å²) >= 11 is 0. The van der Waals surface area contributed by atoms with Gasteiger partial charge in [-0.1, -0.05) is 0 Å². The maximum absolute atomic E-state index is 5.76. The van der Waals surface area contributed by atoms with Crippen LogP contribution in [0.3, 0.4) is 0 Å². The normalized spacial score (nSPS) is 20.8. The number of hydrogen-bond donors (Lipinski definition) is 1. The molecule has 174 valence electrons. The second-order valence-electron chi connectivity index (χ2n) is 9.48. The van der Waals surface area contributed by atoms with Gasteiger partial charge in [-0.2, -0.15) is 0 Å². The largest absolute Gasteiger partial charge is 0.497 e. The van der Waals surface area contributed by atoms with Crippen LogP contribution in [-0.2, 0) is 17.6 Å². The smallest absolute Gasteiger partial charge is 0.231 e. The summed E-state index contributed by atoms with van der Waals surface area (Å²) in [6.45, 7) is 4.36. The minimum absolute atomic E-state index is 0.325. The van der Waals surface area contributed by atoms with E-state index in [9.17, 15) is 0 Å². The molecule has 1 unspecified atom stereocenters. The number of fused-ring (bicyclic) bond motifs is 3. The van der Waals surface area contributed by atoms with Gasteiger partial charge in [-0.25, -0.2) is 0 Å². The van der Waals surface area contributed by atoms with Crippen LogP contribution in [0.5, 0.6) is 17.2 Å². The summed E-state index contributed by atoms with van der Waals surface area (Å²) in [5.74, 6) is 3.41. The zero-order valence-electron chi connectivity index (χ0n) is 19.3. The van der Waals surface area contributed by atoms with Crippen LogP contribution < -0.4 is 14.2 Å². The molecule has 2 aromatic carbocycles. The van der Waals surface area contributed by atoms with Crippen LogP contribution >= 0.6 is 0 Å². The van der Waals surface area contributed by atoms with E-state index in [1.54, 1.807) is 7.11 Å². The van der Waals surface area contributed by atoms with E-state index in [2.05, 4.69) is 40.3 Å². The zero-order chi connectivity index (χ0) is 22.2. The standard InChI is InChI=1S/C27H32N2O4/c1-30-21-3-4-24-22(13-21)20(15-28-24)2-5-25-23-14-27-26(32-17-33-27)12-19(23)6-9-29(25)16-18-7-10-31-11-8-18/h3-4,12-15,18,25,28H,2,5-11,16-17H2,1H3. The Hall–Kier alpha value is -2.70. The average Bonchev–Trinajstić information content (AvgIpc) is 3.48. The number of H-pyrrole nitrogens is 1. The lowest BCUT2D eigenvalue weighted by atomic mass is 9.87. The van der Waals surface area contributed by atoms with E-state index < -0.39 is 0 Å². The Balaban J connectivity index is 1.29. The number of nitrogens with zero attached hydrogens (tertiary/aromatic N) is 1. The third-order valence-electron chi connectivity index (χ3n) is 7.60. The number of aromatic amines is 1. The molecule has 6 nitrogen and oxygen atoms in total. The summed E-state index contributed by atoms with van der Waals surface area (Å²) < 4.78 is 22.5. The van der Waals surface area contributed by atoms with Gasteiger partial charge in [-0.15, -0.1) is 0 Å². The Bertz CT molecular complexity index is 1130. The van der Waals surface area contributed by atoms with Crippen molar-refractivity contribution in [1.82, 2.24) is 9.88 Å². The molecule has 0 amide bonds. The molecule has 0 spiro atoms. The summed E-state index contributed by atoms with van der Waals surface area (Å²) in [7, 11) is 1.73. The molecule has 6 heteroatoms. The minimum Gasteiger partial charge on any atom is -0.497 e. The summed E-state index contributed by atoms with van der Waals surface area (Å²) in [5.41, 5.74) is 5.34. The van der Waals surface area contributed by atoms with E-state index in [1.807, 2.05) is 6.07 Å². The number of ether oxygens (including phenoxy) is 4. The molecule has 3 aliphatic heterocycles. The molecule has 0 radical (unpaired) electrons. The number of methoxy groups -OCH3 is 1. The molecule has 1 fully saturated rings. The van der Waals surface area contributed by atoms with Gasteiger partial charge in [0, 0.05) is 49.4 Å². The first kappa shape index (κ1) is 20.9. The van der Waals surface area contributed by atoms with E-state index in [0.717, 1.165) is 68.3 Å². The molecule has 4 heterocycles. The molecule has 1 aromatic heterocycles. The number of nitrogens with one attached hydrogen (secondary N) is 1. The molecular weight excluding hydrogens is 416 g/mol. The highest BCUT2D eigenvalue weighted by Gasteiger charge is 2.32. The van der Waals surface area contributed by atoms with Crippen LogP contribution in [0.15, 0.2) is 36.5 Å². The van der Waals surface area contributed by atoms with Crippen molar-refractivity contribution in [2.45, 2.75) is 38.1 Å². The summed E-state index contributed by atoms with van der Waals surface area (Å²) in [4.78, 5) is 6.16. The minimum atomic E-state index is 0.325. The van der Waals surface area contributed by atoms with E-state index >= 15 is 0 Å². The average molecular weight is 449 g/mol. The van der Waals surface area contributed by atoms with Gasteiger partial charge in [-0.05, 0) is 85.0 Å². The quantitative estimate of drug-likeness (QED) is 0.583. The number of aromatic nitrogens is 1. The SMILES string of the molecule is COc1ccc2[nH]cc(CCC3c4cc5c(cc4CCN3CC3CCOCC3)OCO5)c2c1. The summed E-state index contributed by atoms with van der Waals surface area (Å²) in [5, 5.41) is 1.26. The van der Waals surface area contributed by atoms with Crippen molar-refractivity contribution in [3.8, 4) is 17.2 Å². The van der Waals surface area contributed by atoms with Crippen LogP contribution in [0, 0.1) is 5.92 Å². The third-order valence-corrected chi connectivity index (χ3v) is 7.60.